The second-order valence-electron chi connectivity index (χ2n) is 2.22. The highest BCUT2D eigenvalue weighted by Crippen LogP contribution is 2.21. The average Bonchev–Trinajstić information content (AvgIpc) is 1.60. The van der Waals surface area contributed by atoms with Crippen LogP contribution in [0.4, 0.5) is 13.2 Å². The fourth-order valence-corrected chi connectivity index (χ4v) is 0.359. The third kappa shape index (κ3) is 4.35. The zero-order chi connectivity index (χ0) is 8.36. The van der Waals surface area contributed by atoms with Crippen LogP contribution in [0.5, 0.6) is 0 Å². The lowest BCUT2D eigenvalue weighted by atomic mass is 10.1. The van der Waals surface area contributed by atoms with Crippen LogP contribution in [0.1, 0.15) is 20.3 Å². The molecule has 1 nitrogen and oxygen atoms in total. The molecule has 0 amide bonds. The summed E-state index contributed by atoms with van der Waals surface area (Å²) < 4.78 is 34.3. The number of Topliss-reactive ketones (excluding diaryl/α,β-unsaturated/α-hetero) is 1. The number of carbonyl (C=O) groups excluding carboxylic acids is 1. The highest BCUT2D eigenvalue weighted by Gasteiger charge is 2.31. The predicted molar refractivity (Wildman–Crippen MR) is 30.3 cm³/mol. The first-order chi connectivity index (χ1) is 4.33. The molecule has 1 radical (unpaired) electrons. The number of hydrogen-bond acceptors (Lipinski definition) is 1. The highest BCUT2D eigenvalue weighted by atomic mass is 19.4. The Morgan fingerprint density at radius 1 is 1.30 bits per heavy atom. The molecule has 0 heterocycles. The van der Waals surface area contributed by atoms with Crippen molar-refractivity contribution < 1.29 is 18.0 Å². The molecule has 0 fully saturated rings. The van der Waals surface area contributed by atoms with Gasteiger partial charge in [-0.25, -0.2) is 0 Å². The molecule has 0 saturated heterocycles. The first-order valence-electron chi connectivity index (χ1n) is 2.73. The molecule has 0 spiro atoms. The van der Waals surface area contributed by atoms with Crippen molar-refractivity contribution in [3.05, 3.63) is 5.92 Å². The number of carbonyl (C=O) groups is 1. The van der Waals surface area contributed by atoms with Crippen LogP contribution in [0, 0.1) is 5.92 Å². The molecule has 0 aliphatic heterocycles. The van der Waals surface area contributed by atoms with Crippen LogP contribution in [-0.4, -0.2) is 12.0 Å². The van der Waals surface area contributed by atoms with E-state index in [9.17, 15) is 18.0 Å². The highest BCUT2D eigenvalue weighted by molar-refractivity contribution is 5.91. The second kappa shape index (κ2) is 3.03. The average molecular weight is 153 g/mol. The molecule has 10 heavy (non-hydrogen) atoms. The molecule has 0 unspecified atom stereocenters. The van der Waals surface area contributed by atoms with E-state index in [4.69, 9.17) is 0 Å². The van der Waals surface area contributed by atoms with Crippen molar-refractivity contribution in [1.82, 2.24) is 0 Å². The Morgan fingerprint density at radius 3 is 1.80 bits per heavy atom. The third-order valence-electron chi connectivity index (χ3n) is 0.919. The summed E-state index contributed by atoms with van der Waals surface area (Å²) in [6.45, 7) is 2.74. The van der Waals surface area contributed by atoms with Gasteiger partial charge < -0.3 is 0 Å². The van der Waals surface area contributed by atoms with Gasteiger partial charge in [0.15, 0.2) is 0 Å². The van der Waals surface area contributed by atoms with Crippen LogP contribution >= 0.6 is 0 Å². The number of hydrogen-bond donors (Lipinski definition) is 0. The summed E-state index contributed by atoms with van der Waals surface area (Å²) in [7, 11) is 0. The molecule has 0 aromatic carbocycles. The van der Waals surface area contributed by atoms with E-state index in [1.54, 1.807) is 0 Å². The smallest absolute Gasteiger partial charge is 0.299 e. The van der Waals surface area contributed by atoms with Gasteiger partial charge in [0.25, 0.3) is 0 Å². The van der Waals surface area contributed by atoms with Gasteiger partial charge in [0.2, 0.25) is 0 Å². The van der Waals surface area contributed by atoms with Gasteiger partial charge in [-0.1, -0.05) is 13.8 Å². The van der Waals surface area contributed by atoms with Crippen LogP contribution in [0.15, 0.2) is 0 Å². The second-order valence-corrected chi connectivity index (χ2v) is 2.22. The minimum Gasteiger partial charge on any atom is -0.299 e. The number of halogens is 3. The fraction of sp³-hybridized carbons (Fsp3) is 0.667. The molecule has 0 saturated carbocycles. The normalized spacial score (nSPS) is 12.2. The van der Waals surface area contributed by atoms with Crippen LogP contribution in [0.3, 0.4) is 0 Å². The molecule has 0 bridgehead atoms. The number of alkyl halides is 3. The van der Waals surface area contributed by atoms with Gasteiger partial charge in [-0.3, -0.25) is 4.79 Å². The Bertz CT molecular complexity index is 125. The number of ketones is 1. The van der Waals surface area contributed by atoms with E-state index in [0.29, 0.717) is 0 Å². The minimum atomic E-state index is -4.37. The Labute approximate surface area is 57.2 Å². The molecule has 0 N–H and O–H groups in total. The van der Waals surface area contributed by atoms with Crippen molar-refractivity contribution in [3.8, 4) is 0 Å². The van der Waals surface area contributed by atoms with E-state index in [-0.39, 0.29) is 5.92 Å². The molecule has 0 rings (SSSR count). The number of rotatable bonds is 2. The Balaban J connectivity index is 3.81. The molecular formula is C6H8F3O. The lowest BCUT2D eigenvalue weighted by Gasteiger charge is -2.05. The summed E-state index contributed by atoms with van der Waals surface area (Å²) in [4.78, 5) is 10.4. The van der Waals surface area contributed by atoms with Gasteiger partial charge in [-0.05, 0) is 0 Å². The summed E-state index contributed by atoms with van der Waals surface area (Å²) in [6.07, 6.45) is -5.70. The van der Waals surface area contributed by atoms with Gasteiger partial charge in [-0.15, -0.1) is 0 Å². The van der Waals surface area contributed by atoms with Crippen molar-refractivity contribution in [2.24, 2.45) is 0 Å². The molecule has 59 valence electrons. The zero-order valence-corrected chi connectivity index (χ0v) is 5.75. The van der Waals surface area contributed by atoms with Crippen molar-refractivity contribution in [2.75, 3.05) is 0 Å². The largest absolute Gasteiger partial charge is 0.395 e. The van der Waals surface area contributed by atoms with Gasteiger partial charge in [0.1, 0.15) is 12.2 Å². The molecule has 0 atom stereocenters. The fourth-order valence-electron chi connectivity index (χ4n) is 0.359. The topological polar surface area (TPSA) is 17.1 Å². The van der Waals surface area contributed by atoms with Crippen molar-refractivity contribution in [1.29, 1.82) is 0 Å². The van der Waals surface area contributed by atoms with Crippen LogP contribution in [0.2, 0.25) is 0 Å². The molecular weight excluding hydrogens is 145 g/mol. The first kappa shape index (κ1) is 9.46. The summed E-state index contributed by atoms with van der Waals surface area (Å²) in [5.41, 5.74) is 0. The zero-order valence-electron chi connectivity index (χ0n) is 5.75. The standard InChI is InChI=1S/C6H8F3O/c1-4(2)5(10)3-6(7,8)9/h3H2,1-2H3. The molecule has 0 aromatic heterocycles. The summed E-state index contributed by atoms with van der Waals surface area (Å²) >= 11 is 0. The summed E-state index contributed by atoms with van der Waals surface area (Å²) in [5.74, 6) is -0.648. The van der Waals surface area contributed by atoms with Gasteiger partial charge in [0.05, 0.1) is 0 Å². The van der Waals surface area contributed by atoms with Gasteiger partial charge >= 0.3 is 6.18 Å². The maximum absolute atomic E-state index is 11.4. The van der Waals surface area contributed by atoms with Crippen molar-refractivity contribution in [2.45, 2.75) is 26.4 Å². The quantitative estimate of drug-likeness (QED) is 0.593. The summed E-state index contributed by atoms with van der Waals surface area (Å²) in [5, 5.41) is 0. The van der Waals surface area contributed by atoms with E-state index in [1.165, 1.54) is 13.8 Å². The van der Waals surface area contributed by atoms with E-state index in [2.05, 4.69) is 0 Å². The van der Waals surface area contributed by atoms with Crippen LogP contribution < -0.4 is 0 Å². The monoisotopic (exact) mass is 153 g/mol. The first-order valence-corrected chi connectivity index (χ1v) is 2.73. The van der Waals surface area contributed by atoms with Crippen molar-refractivity contribution in [3.63, 3.8) is 0 Å². The van der Waals surface area contributed by atoms with Gasteiger partial charge in [-0.2, -0.15) is 13.2 Å². The van der Waals surface area contributed by atoms with E-state index in [1.807, 2.05) is 0 Å². The van der Waals surface area contributed by atoms with E-state index >= 15 is 0 Å². The predicted octanol–water partition coefficient (Wildman–Crippen LogP) is 2.12. The van der Waals surface area contributed by atoms with E-state index in [0.717, 1.165) is 0 Å². The van der Waals surface area contributed by atoms with Gasteiger partial charge in [0, 0.05) is 5.92 Å². The SMILES string of the molecule is C[C](C)C(=O)CC(F)(F)F. The minimum absolute atomic E-state index is 0.192. The van der Waals surface area contributed by atoms with E-state index < -0.39 is 18.4 Å². The molecule has 4 heteroatoms. The molecule has 0 aliphatic carbocycles. The third-order valence-corrected chi connectivity index (χ3v) is 0.919. The van der Waals surface area contributed by atoms with Crippen LogP contribution in [0.25, 0.3) is 0 Å². The Kier molecular flexibility index (Phi) is 2.87. The molecule has 0 aliphatic rings. The maximum Gasteiger partial charge on any atom is 0.395 e. The lowest BCUT2D eigenvalue weighted by molar-refractivity contribution is -0.150. The molecule has 0 aromatic rings. The van der Waals surface area contributed by atoms with Crippen LogP contribution in [-0.2, 0) is 4.79 Å². The van der Waals surface area contributed by atoms with Crippen molar-refractivity contribution >= 4 is 5.78 Å². The Morgan fingerprint density at radius 2 is 1.70 bits per heavy atom. The Hall–Kier alpha value is -0.540. The summed E-state index contributed by atoms with van der Waals surface area (Å²) in [6, 6.07) is 0. The maximum atomic E-state index is 11.4. The lowest BCUT2D eigenvalue weighted by Crippen LogP contribution is -2.17.